The van der Waals surface area contributed by atoms with Crippen LogP contribution in [0.25, 0.3) is 0 Å². The highest BCUT2D eigenvalue weighted by Gasteiger charge is 2.46. The first-order valence-corrected chi connectivity index (χ1v) is 12.5. The molecular weight excluding hydrogens is 498 g/mol. The van der Waals surface area contributed by atoms with Crippen LogP contribution in [0.4, 0.5) is 19.4 Å². The van der Waals surface area contributed by atoms with E-state index in [1.54, 1.807) is 53.0 Å². The topological polar surface area (TPSA) is 103 Å². The summed E-state index contributed by atoms with van der Waals surface area (Å²) in [6, 6.07) is 8.21. The van der Waals surface area contributed by atoms with E-state index >= 15 is 0 Å². The van der Waals surface area contributed by atoms with Gasteiger partial charge in [0.2, 0.25) is 11.8 Å². The molecule has 0 bridgehead atoms. The van der Waals surface area contributed by atoms with Gasteiger partial charge in [-0.05, 0) is 57.4 Å². The molecule has 2 amide bonds. The van der Waals surface area contributed by atoms with Crippen molar-refractivity contribution in [3.63, 3.8) is 0 Å². The number of alkyl halides is 2. The molecule has 1 heterocycles. The van der Waals surface area contributed by atoms with Crippen LogP contribution in [-0.4, -0.2) is 54.0 Å². The molecule has 38 heavy (non-hydrogen) atoms. The van der Waals surface area contributed by atoms with E-state index in [0.29, 0.717) is 11.3 Å². The van der Waals surface area contributed by atoms with E-state index in [0.717, 1.165) is 5.56 Å². The van der Waals surface area contributed by atoms with Gasteiger partial charge in [-0.15, -0.1) is 5.10 Å². The summed E-state index contributed by atoms with van der Waals surface area (Å²) >= 11 is 0. The van der Waals surface area contributed by atoms with Gasteiger partial charge in [0.1, 0.15) is 11.4 Å². The number of benzene rings is 1. The molecule has 1 aliphatic rings. The van der Waals surface area contributed by atoms with Crippen molar-refractivity contribution in [2.24, 2.45) is 5.92 Å². The summed E-state index contributed by atoms with van der Waals surface area (Å²) < 4.78 is 42.7. The molecule has 0 spiro atoms. The van der Waals surface area contributed by atoms with Gasteiger partial charge in [-0.1, -0.05) is 12.1 Å². The molecule has 2 aromatic rings. The second kappa shape index (κ2) is 12.0. The number of hydrogen-bond donors (Lipinski definition) is 1. The minimum absolute atomic E-state index is 0.00457. The van der Waals surface area contributed by atoms with Gasteiger partial charge in [-0.25, -0.2) is 13.6 Å². The van der Waals surface area contributed by atoms with E-state index in [1.165, 1.54) is 18.2 Å². The molecule has 3 rings (SSSR count). The number of carbonyl (C=O) groups is 2. The summed E-state index contributed by atoms with van der Waals surface area (Å²) in [5.41, 5.74) is 0.593. The van der Waals surface area contributed by atoms with Crippen LogP contribution in [0.15, 0.2) is 36.5 Å². The fourth-order valence-corrected chi connectivity index (χ4v) is 4.17. The molecule has 11 heteroatoms. The molecule has 0 unspecified atom stereocenters. The van der Waals surface area contributed by atoms with E-state index in [4.69, 9.17) is 14.2 Å². The smallest absolute Gasteiger partial charge is 0.416 e. The van der Waals surface area contributed by atoms with Crippen LogP contribution in [0.3, 0.4) is 0 Å². The minimum atomic E-state index is -2.69. The molecule has 2 atom stereocenters. The maximum absolute atomic E-state index is 13.2. The van der Waals surface area contributed by atoms with Crippen molar-refractivity contribution in [2.75, 3.05) is 19.1 Å². The fraction of sp³-hybridized carbons (Fsp3) is 0.556. The molecule has 9 nitrogen and oxygen atoms in total. The number of anilines is 1. The Morgan fingerprint density at radius 2 is 1.84 bits per heavy atom. The SMILES string of the molecule is COc1ccc(CN(C(=O)OC(C)(C)C)c2cc([C@H](NC(=O)CC3CC(F)(F)C3)[C@H](C)OC)cnn2)cc1. The summed E-state index contributed by atoms with van der Waals surface area (Å²) in [6.07, 6.45) is -0.205. The van der Waals surface area contributed by atoms with Gasteiger partial charge in [0.05, 0.1) is 32.0 Å². The van der Waals surface area contributed by atoms with Crippen molar-refractivity contribution < 1.29 is 32.6 Å². The Morgan fingerprint density at radius 1 is 1.18 bits per heavy atom. The van der Waals surface area contributed by atoms with Gasteiger partial charge in [0.15, 0.2) is 5.82 Å². The second-order valence-electron chi connectivity index (χ2n) is 10.6. The lowest BCUT2D eigenvalue weighted by molar-refractivity contribution is -0.135. The van der Waals surface area contributed by atoms with Crippen molar-refractivity contribution in [1.82, 2.24) is 15.5 Å². The van der Waals surface area contributed by atoms with Gasteiger partial charge in [-0.2, -0.15) is 5.10 Å². The average molecular weight is 535 g/mol. The molecule has 1 saturated carbocycles. The Bertz CT molecular complexity index is 1100. The van der Waals surface area contributed by atoms with Crippen LogP contribution in [0.1, 0.15) is 64.1 Å². The van der Waals surface area contributed by atoms with Gasteiger partial charge >= 0.3 is 6.09 Å². The van der Waals surface area contributed by atoms with Crippen molar-refractivity contribution >= 4 is 17.8 Å². The van der Waals surface area contributed by atoms with Crippen molar-refractivity contribution in [1.29, 1.82) is 0 Å². The summed E-state index contributed by atoms with van der Waals surface area (Å²) in [5, 5.41) is 11.1. The number of halogens is 2. The molecule has 0 aliphatic heterocycles. The van der Waals surface area contributed by atoms with E-state index in [9.17, 15) is 18.4 Å². The number of nitrogens with one attached hydrogen (secondary N) is 1. The van der Waals surface area contributed by atoms with Crippen LogP contribution >= 0.6 is 0 Å². The third kappa shape index (κ3) is 8.08. The molecule has 1 N–H and O–H groups in total. The zero-order valence-corrected chi connectivity index (χ0v) is 22.7. The third-order valence-electron chi connectivity index (χ3n) is 6.22. The van der Waals surface area contributed by atoms with Crippen LogP contribution in [-0.2, 0) is 20.8 Å². The number of ether oxygens (including phenoxy) is 3. The largest absolute Gasteiger partial charge is 0.497 e. The molecule has 1 aromatic carbocycles. The Labute approximate surface area is 221 Å². The zero-order valence-electron chi connectivity index (χ0n) is 22.7. The maximum atomic E-state index is 13.2. The highest BCUT2D eigenvalue weighted by Crippen LogP contribution is 2.44. The number of amides is 2. The number of methoxy groups -OCH3 is 2. The van der Waals surface area contributed by atoms with E-state index in [1.807, 2.05) is 12.1 Å². The van der Waals surface area contributed by atoms with Crippen molar-refractivity contribution in [3.8, 4) is 5.75 Å². The molecule has 0 radical (unpaired) electrons. The molecule has 1 aliphatic carbocycles. The number of rotatable bonds is 10. The van der Waals surface area contributed by atoms with E-state index < -0.39 is 29.8 Å². The van der Waals surface area contributed by atoms with Gasteiger partial charge in [-0.3, -0.25) is 9.69 Å². The summed E-state index contributed by atoms with van der Waals surface area (Å²) in [6.45, 7) is 7.21. The van der Waals surface area contributed by atoms with Gasteiger partial charge in [0.25, 0.3) is 0 Å². The average Bonchev–Trinajstić information content (AvgIpc) is 2.83. The van der Waals surface area contributed by atoms with Gasteiger partial charge in [0, 0.05) is 31.9 Å². The Morgan fingerprint density at radius 3 is 2.39 bits per heavy atom. The zero-order chi connectivity index (χ0) is 28.1. The molecule has 1 aromatic heterocycles. The standard InChI is InChI=1S/C27H36F2N4O5/c1-17(36-5)24(31-23(34)11-19-13-27(28,29)14-19)20-12-22(32-30-15-20)33(25(35)38-26(2,3)4)16-18-7-9-21(37-6)10-8-18/h7-10,12,15,17,19,24H,11,13-14,16H2,1-6H3,(H,31,34)/t17-,24+/m0/s1. The molecule has 208 valence electrons. The first-order chi connectivity index (χ1) is 17.8. The Kier molecular flexibility index (Phi) is 9.24. The maximum Gasteiger partial charge on any atom is 0.416 e. The summed E-state index contributed by atoms with van der Waals surface area (Å²) in [4.78, 5) is 27.3. The minimum Gasteiger partial charge on any atom is -0.497 e. The Hall–Kier alpha value is -3.34. The number of carbonyl (C=O) groups excluding carboxylic acids is 2. The molecular formula is C27H36F2N4O5. The lowest BCUT2D eigenvalue weighted by Crippen LogP contribution is -2.41. The summed E-state index contributed by atoms with van der Waals surface area (Å²) in [5.74, 6) is -2.52. The van der Waals surface area contributed by atoms with Crippen LogP contribution < -0.4 is 15.0 Å². The molecule has 1 fully saturated rings. The number of nitrogens with zero attached hydrogens (tertiary/aromatic N) is 3. The highest BCUT2D eigenvalue weighted by atomic mass is 19.3. The monoisotopic (exact) mass is 534 g/mol. The van der Waals surface area contributed by atoms with E-state index in [-0.39, 0.29) is 43.5 Å². The first kappa shape index (κ1) is 29.2. The van der Waals surface area contributed by atoms with Crippen molar-refractivity contribution in [3.05, 3.63) is 47.7 Å². The second-order valence-corrected chi connectivity index (χ2v) is 10.6. The van der Waals surface area contributed by atoms with Crippen LogP contribution in [0, 0.1) is 5.92 Å². The highest BCUT2D eigenvalue weighted by molar-refractivity contribution is 5.86. The molecule has 0 saturated heterocycles. The fourth-order valence-electron chi connectivity index (χ4n) is 4.17. The number of hydrogen-bond acceptors (Lipinski definition) is 7. The third-order valence-corrected chi connectivity index (χ3v) is 6.22. The summed E-state index contributed by atoms with van der Waals surface area (Å²) in [7, 11) is 3.07. The number of aromatic nitrogens is 2. The predicted octanol–water partition coefficient (Wildman–Crippen LogP) is 5.05. The normalized spacial score (nSPS) is 16.6. The lowest BCUT2D eigenvalue weighted by Gasteiger charge is -2.35. The van der Waals surface area contributed by atoms with Crippen LogP contribution in [0.2, 0.25) is 0 Å². The van der Waals surface area contributed by atoms with E-state index in [2.05, 4.69) is 15.5 Å². The van der Waals surface area contributed by atoms with Crippen molar-refractivity contribution in [2.45, 2.75) is 77.2 Å². The predicted molar refractivity (Wildman–Crippen MR) is 137 cm³/mol. The van der Waals surface area contributed by atoms with Gasteiger partial charge < -0.3 is 19.5 Å². The Balaban J connectivity index is 1.86. The van der Waals surface area contributed by atoms with Crippen LogP contribution in [0.5, 0.6) is 5.75 Å². The quantitative estimate of drug-likeness (QED) is 0.455. The first-order valence-electron chi connectivity index (χ1n) is 12.5. The lowest BCUT2D eigenvalue weighted by atomic mass is 9.79.